The fraction of sp³-hybridized carbons (Fsp3) is 0.381. The molecule has 1 amide bonds. The van der Waals surface area contributed by atoms with Crippen LogP contribution in [0.5, 0.6) is 0 Å². The van der Waals surface area contributed by atoms with Gasteiger partial charge in [0, 0.05) is 6.04 Å². The minimum absolute atomic E-state index is 0.00371. The number of hydrogen-bond donors (Lipinski definition) is 1. The van der Waals surface area contributed by atoms with Crippen LogP contribution in [0, 0.1) is 0 Å². The summed E-state index contributed by atoms with van der Waals surface area (Å²) in [5.41, 5.74) is 0.675. The fourth-order valence-corrected chi connectivity index (χ4v) is 4.56. The van der Waals surface area contributed by atoms with E-state index < -0.39 is 0 Å². The Kier molecular flexibility index (Phi) is 5.81. The first kappa shape index (κ1) is 18.8. The highest BCUT2D eigenvalue weighted by Gasteiger charge is 2.22. The SMILES string of the molecule is O=C(CSc1nc2ccccc2c(=O)n1C1CCCCC1)NCc1ccco1. The molecule has 28 heavy (non-hydrogen) atoms. The minimum atomic E-state index is -0.112. The van der Waals surface area contributed by atoms with E-state index in [0.29, 0.717) is 28.4 Å². The maximum Gasteiger partial charge on any atom is 0.262 e. The van der Waals surface area contributed by atoms with Gasteiger partial charge in [-0.05, 0) is 37.1 Å². The zero-order valence-electron chi connectivity index (χ0n) is 15.6. The van der Waals surface area contributed by atoms with E-state index >= 15 is 0 Å². The molecule has 2 aromatic heterocycles. The van der Waals surface area contributed by atoms with Crippen LogP contribution in [0.2, 0.25) is 0 Å². The Balaban J connectivity index is 1.56. The molecule has 1 fully saturated rings. The van der Waals surface area contributed by atoms with Crippen molar-refractivity contribution >= 4 is 28.6 Å². The summed E-state index contributed by atoms with van der Waals surface area (Å²) in [7, 11) is 0. The van der Waals surface area contributed by atoms with E-state index in [0.717, 1.165) is 25.7 Å². The van der Waals surface area contributed by atoms with Crippen LogP contribution >= 0.6 is 11.8 Å². The number of carbonyl (C=O) groups is 1. The Bertz CT molecular complexity index is 1010. The lowest BCUT2D eigenvalue weighted by Crippen LogP contribution is -2.30. The van der Waals surface area contributed by atoms with Crippen LogP contribution in [-0.4, -0.2) is 21.2 Å². The number of thioether (sulfide) groups is 1. The third-order valence-corrected chi connectivity index (χ3v) is 6.04. The summed E-state index contributed by atoms with van der Waals surface area (Å²) in [6.45, 7) is 0.354. The number of nitrogens with one attached hydrogen (secondary N) is 1. The highest BCUT2D eigenvalue weighted by Crippen LogP contribution is 2.31. The molecule has 146 valence electrons. The number of fused-ring (bicyclic) bond motifs is 1. The quantitative estimate of drug-likeness (QED) is 0.504. The molecule has 1 saturated carbocycles. The maximum absolute atomic E-state index is 13.2. The molecular weight excluding hydrogens is 374 g/mol. The molecule has 3 aromatic rings. The number of furan rings is 1. The van der Waals surface area contributed by atoms with Crippen LogP contribution in [0.3, 0.4) is 0 Å². The summed E-state index contributed by atoms with van der Waals surface area (Å²) in [5, 5.41) is 4.10. The van der Waals surface area contributed by atoms with Gasteiger partial charge >= 0.3 is 0 Å². The van der Waals surface area contributed by atoms with Gasteiger partial charge in [0.25, 0.3) is 5.56 Å². The number of hydrogen-bond acceptors (Lipinski definition) is 5. The molecule has 6 nitrogen and oxygen atoms in total. The number of carbonyl (C=O) groups excluding carboxylic acids is 1. The van der Waals surface area contributed by atoms with E-state index in [1.54, 1.807) is 12.3 Å². The first-order chi connectivity index (χ1) is 13.7. The summed E-state index contributed by atoms with van der Waals surface area (Å²) < 4.78 is 7.06. The molecule has 0 bridgehead atoms. The molecular formula is C21H23N3O3S. The second-order valence-electron chi connectivity index (χ2n) is 7.02. The average Bonchev–Trinajstić information content (AvgIpc) is 3.25. The van der Waals surface area contributed by atoms with Gasteiger partial charge in [-0.15, -0.1) is 0 Å². The van der Waals surface area contributed by atoms with Gasteiger partial charge in [-0.2, -0.15) is 0 Å². The van der Waals surface area contributed by atoms with Gasteiger partial charge < -0.3 is 9.73 Å². The standard InChI is InChI=1S/C21H23N3O3S/c25-19(22-13-16-9-6-12-27-16)14-28-21-23-18-11-5-4-10-17(18)20(26)24(21)15-7-2-1-3-8-15/h4-6,9-12,15H,1-3,7-8,13-14H2,(H,22,25). The van der Waals surface area contributed by atoms with E-state index in [1.165, 1.54) is 18.2 Å². The van der Waals surface area contributed by atoms with Gasteiger partial charge in [-0.25, -0.2) is 4.98 Å². The molecule has 1 aliphatic carbocycles. The summed E-state index contributed by atoms with van der Waals surface area (Å²) in [4.78, 5) is 30.2. The van der Waals surface area contributed by atoms with Gasteiger partial charge in [-0.3, -0.25) is 14.2 Å². The number of nitrogens with zero attached hydrogens (tertiary/aromatic N) is 2. The number of amides is 1. The van der Waals surface area contributed by atoms with Crippen molar-refractivity contribution in [1.29, 1.82) is 0 Å². The Morgan fingerprint density at radius 3 is 2.79 bits per heavy atom. The van der Waals surface area contributed by atoms with Crippen molar-refractivity contribution in [1.82, 2.24) is 14.9 Å². The first-order valence-corrected chi connectivity index (χ1v) is 10.6. The van der Waals surface area contributed by atoms with Crippen LogP contribution in [-0.2, 0) is 11.3 Å². The number of rotatable bonds is 6. The van der Waals surface area contributed by atoms with Crippen molar-refractivity contribution in [3.63, 3.8) is 0 Å². The summed E-state index contributed by atoms with van der Waals surface area (Å²) in [6, 6.07) is 11.2. The molecule has 0 saturated heterocycles. The molecule has 0 radical (unpaired) electrons. The summed E-state index contributed by atoms with van der Waals surface area (Å²) >= 11 is 1.32. The van der Waals surface area contributed by atoms with Crippen molar-refractivity contribution in [3.05, 3.63) is 58.8 Å². The van der Waals surface area contributed by atoms with E-state index in [9.17, 15) is 9.59 Å². The highest BCUT2D eigenvalue weighted by molar-refractivity contribution is 7.99. The number of aromatic nitrogens is 2. The Hall–Kier alpha value is -2.54. The molecule has 7 heteroatoms. The molecule has 0 aliphatic heterocycles. The molecule has 0 unspecified atom stereocenters. The second kappa shape index (κ2) is 8.65. The van der Waals surface area contributed by atoms with Crippen LogP contribution < -0.4 is 10.9 Å². The maximum atomic E-state index is 13.2. The molecule has 0 atom stereocenters. The Morgan fingerprint density at radius 2 is 2.00 bits per heavy atom. The predicted molar refractivity (Wildman–Crippen MR) is 109 cm³/mol. The van der Waals surface area contributed by atoms with Gasteiger partial charge in [0.2, 0.25) is 5.91 Å². The van der Waals surface area contributed by atoms with Crippen LogP contribution in [0.1, 0.15) is 43.9 Å². The summed E-state index contributed by atoms with van der Waals surface area (Å²) in [6.07, 6.45) is 7.01. The molecule has 4 rings (SSSR count). The van der Waals surface area contributed by atoms with Crippen LogP contribution in [0.15, 0.2) is 57.0 Å². The Morgan fingerprint density at radius 1 is 1.18 bits per heavy atom. The first-order valence-electron chi connectivity index (χ1n) is 9.65. The van der Waals surface area contributed by atoms with Crippen molar-refractivity contribution in [2.24, 2.45) is 0 Å². The van der Waals surface area contributed by atoms with Gasteiger partial charge in [0.05, 0.1) is 29.5 Å². The van der Waals surface area contributed by atoms with Gasteiger partial charge in [0.15, 0.2) is 5.16 Å². The average molecular weight is 398 g/mol. The van der Waals surface area contributed by atoms with Crippen molar-refractivity contribution in [2.75, 3.05) is 5.75 Å². The monoisotopic (exact) mass is 397 g/mol. The topological polar surface area (TPSA) is 77.1 Å². The largest absolute Gasteiger partial charge is 0.467 e. The van der Waals surface area contributed by atoms with Gasteiger partial charge in [0.1, 0.15) is 5.76 Å². The molecule has 1 aliphatic rings. The number of benzene rings is 1. The van der Waals surface area contributed by atoms with Crippen LogP contribution in [0.25, 0.3) is 10.9 Å². The lowest BCUT2D eigenvalue weighted by Gasteiger charge is -2.26. The molecule has 2 heterocycles. The fourth-order valence-electron chi connectivity index (χ4n) is 3.67. The van der Waals surface area contributed by atoms with E-state index in [4.69, 9.17) is 9.40 Å². The highest BCUT2D eigenvalue weighted by atomic mass is 32.2. The zero-order valence-corrected chi connectivity index (χ0v) is 16.4. The zero-order chi connectivity index (χ0) is 19.3. The lowest BCUT2D eigenvalue weighted by molar-refractivity contribution is -0.118. The molecule has 1 aromatic carbocycles. The third kappa shape index (κ3) is 4.14. The van der Waals surface area contributed by atoms with E-state index in [-0.39, 0.29) is 23.3 Å². The normalized spacial score (nSPS) is 15.0. The second-order valence-corrected chi connectivity index (χ2v) is 7.97. The van der Waals surface area contributed by atoms with E-state index in [2.05, 4.69) is 5.32 Å². The number of para-hydroxylation sites is 1. The minimum Gasteiger partial charge on any atom is -0.467 e. The third-order valence-electron chi connectivity index (χ3n) is 5.09. The van der Waals surface area contributed by atoms with Crippen molar-refractivity contribution in [2.45, 2.75) is 49.8 Å². The molecule has 0 spiro atoms. The smallest absolute Gasteiger partial charge is 0.262 e. The van der Waals surface area contributed by atoms with Crippen LogP contribution in [0.4, 0.5) is 0 Å². The van der Waals surface area contributed by atoms with Gasteiger partial charge in [-0.1, -0.05) is 43.2 Å². The molecule has 1 N–H and O–H groups in total. The Labute approximate surface area is 167 Å². The van der Waals surface area contributed by atoms with E-state index in [1.807, 2.05) is 34.9 Å². The van der Waals surface area contributed by atoms with Crippen molar-refractivity contribution < 1.29 is 9.21 Å². The summed E-state index contributed by atoms with van der Waals surface area (Å²) in [5.74, 6) is 0.804. The predicted octanol–water partition coefficient (Wildman–Crippen LogP) is 3.90. The van der Waals surface area contributed by atoms with Crippen molar-refractivity contribution in [3.8, 4) is 0 Å². The lowest BCUT2D eigenvalue weighted by atomic mass is 9.95.